The van der Waals surface area contributed by atoms with Crippen molar-refractivity contribution in [2.45, 2.75) is 366 Å². The third-order valence-corrected chi connectivity index (χ3v) is 18.4. The fourth-order valence-corrected chi connectivity index (χ4v) is 12.1. The largest absolute Gasteiger partial charge is 0.756 e. The van der Waals surface area contributed by atoms with E-state index in [1.54, 1.807) is 6.08 Å². The number of aliphatic hydroxyl groups is 1. The van der Waals surface area contributed by atoms with Crippen LogP contribution in [-0.4, -0.2) is 68.5 Å². The van der Waals surface area contributed by atoms with Gasteiger partial charge in [0.1, 0.15) is 13.2 Å². The van der Waals surface area contributed by atoms with Gasteiger partial charge in [0.15, 0.2) is 0 Å². The van der Waals surface area contributed by atoms with Crippen molar-refractivity contribution in [1.29, 1.82) is 0 Å². The molecule has 0 aromatic heterocycles. The van der Waals surface area contributed by atoms with E-state index in [-0.39, 0.29) is 19.1 Å². The second kappa shape index (κ2) is 73.2. The van der Waals surface area contributed by atoms with Gasteiger partial charge in [-0.05, 0) is 89.9 Å². The molecule has 8 nitrogen and oxygen atoms in total. The molecule has 1 amide bonds. The van der Waals surface area contributed by atoms with E-state index in [1.807, 2.05) is 27.2 Å². The summed E-state index contributed by atoms with van der Waals surface area (Å²) in [5, 5.41) is 14.0. The van der Waals surface area contributed by atoms with Gasteiger partial charge in [-0.15, -0.1) is 0 Å². The number of phosphoric ester groups is 1. The Labute approximate surface area is 577 Å². The summed E-state index contributed by atoms with van der Waals surface area (Å²) in [6, 6.07) is -0.896. The molecule has 0 saturated carbocycles. The molecule has 0 bridgehead atoms. The first-order valence-electron chi connectivity index (χ1n) is 39.4. The first-order valence-corrected chi connectivity index (χ1v) is 40.9. The van der Waals surface area contributed by atoms with Crippen molar-refractivity contribution in [3.63, 3.8) is 0 Å². The number of rotatable bonds is 72. The average Bonchev–Trinajstić information content (AvgIpc) is 2.75. The molecule has 0 aliphatic carbocycles. The van der Waals surface area contributed by atoms with Gasteiger partial charge in [-0.3, -0.25) is 9.36 Å². The molecule has 2 N–H and O–H groups in total. The van der Waals surface area contributed by atoms with Crippen LogP contribution in [0.2, 0.25) is 0 Å². The molecule has 0 aliphatic rings. The quantitative estimate of drug-likeness (QED) is 0.0272. The molecule has 0 spiro atoms. The highest BCUT2D eigenvalue weighted by Gasteiger charge is 2.23. The zero-order valence-corrected chi connectivity index (χ0v) is 62.6. The van der Waals surface area contributed by atoms with Crippen molar-refractivity contribution < 1.29 is 32.9 Å². The number of carbonyl (C=O) groups is 1. The maximum atomic E-state index is 13.1. The van der Waals surface area contributed by atoms with Gasteiger partial charge >= 0.3 is 0 Å². The van der Waals surface area contributed by atoms with Gasteiger partial charge < -0.3 is 28.8 Å². The molecule has 0 saturated heterocycles. The topological polar surface area (TPSA) is 108 Å². The lowest BCUT2D eigenvalue weighted by Gasteiger charge is -2.29. The summed E-state index contributed by atoms with van der Waals surface area (Å²) in [6.07, 6.45) is 109. The van der Waals surface area contributed by atoms with Crippen LogP contribution >= 0.6 is 7.82 Å². The fraction of sp³-hybridized carbons (Fsp3) is 0.750. The Balaban J connectivity index is 4.04. The van der Waals surface area contributed by atoms with Crippen LogP contribution in [0, 0.1) is 0 Å². The first-order chi connectivity index (χ1) is 45.5. The number of unbranched alkanes of at least 4 members (excludes halogenated alkanes) is 41. The van der Waals surface area contributed by atoms with Crippen molar-refractivity contribution in [3.05, 3.63) is 122 Å². The number of aliphatic hydroxyl groups excluding tert-OH is 1. The normalized spacial score (nSPS) is 14.2. The van der Waals surface area contributed by atoms with E-state index in [9.17, 15) is 19.4 Å². The van der Waals surface area contributed by atoms with E-state index in [0.717, 1.165) is 96.3 Å². The Bertz CT molecular complexity index is 1940. The summed E-state index contributed by atoms with van der Waals surface area (Å²) in [6.45, 7) is 4.57. The molecule has 0 radical (unpaired) electrons. The van der Waals surface area contributed by atoms with Crippen LogP contribution in [0.25, 0.3) is 0 Å². The number of allylic oxidation sites excluding steroid dienone is 19. The first kappa shape index (κ1) is 89.9. The highest BCUT2D eigenvalue weighted by molar-refractivity contribution is 7.45. The van der Waals surface area contributed by atoms with Crippen LogP contribution in [0.15, 0.2) is 122 Å². The Morgan fingerprint density at radius 2 is 0.656 bits per heavy atom. The molecule has 9 heteroatoms. The number of nitrogens with zero attached hydrogens (tertiary/aromatic N) is 1. The maximum Gasteiger partial charge on any atom is 0.268 e. The van der Waals surface area contributed by atoms with Crippen molar-refractivity contribution in [2.24, 2.45) is 0 Å². The van der Waals surface area contributed by atoms with Gasteiger partial charge in [-0.25, -0.2) is 0 Å². The Morgan fingerprint density at radius 1 is 0.387 bits per heavy atom. The van der Waals surface area contributed by atoms with Crippen molar-refractivity contribution >= 4 is 13.7 Å². The molecule has 3 atom stereocenters. The minimum Gasteiger partial charge on any atom is -0.756 e. The minimum absolute atomic E-state index is 0.00460. The van der Waals surface area contributed by atoms with Gasteiger partial charge in [0, 0.05) is 6.42 Å². The molecule has 0 heterocycles. The monoisotopic (exact) mass is 1320 g/mol. The van der Waals surface area contributed by atoms with E-state index in [0.29, 0.717) is 17.4 Å². The second-order valence-electron chi connectivity index (χ2n) is 27.7. The lowest BCUT2D eigenvalue weighted by Crippen LogP contribution is -2.45. The zero-order chi connectivity index (χ0) is 67.6. The van der Waals surface area contributed by atoms with Gasteiger partial charge in [-0.1, -0.05) is 379 Å². The number of phosphoric acid groups is 1. The van der Waals surface area contributed by atoms with Crippen LogP contribution < -0.4 is 10.2 Å². The van der Waals surface area contributed by atoms with E-state index in [1.165, 1.54) is 238 Å². The number of likely N-dealkylation sites (N-methyl/N-ethyl adjacent to an activating group) is 1. The van der Waals surface area contributed by atoms with Gasteiger partial charge in [0.05, 0.1) is 39.9 Å². The highest BCUT2D eigenvalue weighted by Crippen LogP contribution is 2.38. The van der Waals surface area contributed by atoms with Crippen molar-refractivity contribution in [1.82, 2.24) is 5.32 Å². The molecule has 538 valence electrons. The third kappa shape index (κ3) is 76.1. The van der Waals surface area contributed by atoms with Crippen LogP contribution in [0.3, 0.4) is 0 Å². The van der Waals surface area contributed by atoms with Crippen LogP contribution in [-0.2, 0) is 18.4 Å². The molecule has 0 aromatic rings. The molecular formula is C84H151N2O6P. The fourth-order valence-electron chi connectivity index (χ4n) is 11.4. The van der Waals surface area contributed by atoms with E-state index in [2.05, 4.69) is 129 Å². The van der Waals surface area contributed by atoms with Gasteiger partial charge in [-0.2, -0.15) is 0 Å². The molecular weight excluding hydrogens is 1160 g/mol. The molecule has 0 aromatic carbocycles. The lowest BCUT2D eigenvalue weighted by molar-refractivity contribution is -0.870. The van der Waals surface area contributed by atoms with Crippen LogP contribution in [0.5, 0.6) is 0 Å². The minimum atomic E-state index is -4.61. The summed E-state index contributed by atoms with van der Waals surface area (Å²) in [7, 11) is 1.26. The number of nitrogens with one attached hydrogen (secondary N) is 1. The maximum absolute atomic E-state index is 13.1. The van der Waals surface area contributed by atoms with Gasteiger partial charge in [0.2, 0.25) is 5.91 Å². The second-order valence-corrected chi connectivity index (χ2v) is 29.1. The van der Waals surface area contributed by atoms with Crippen LogP contribution in [0.1, 0.15) is 354 Å². The number of hydrogen-bond donors (Lipinski definition) is 2. The summed E-state index contributed by atoms with van der Waals surface area (Å²) in [5.41, 5.74) is 0. The lowest BCUT2D eigenvalue weighted by atomic mass is 10.0. The van der Waals surface area contributed by atoms with E-state index < -0.39 is 20.0 Å². The summed E-state index contributed by atoms with van der Waals surface area (Å²) in [5.74, 6) is -0.198. The third-order valence-electron chi connectivity index (χ3n) is 17.4. The van der Waals surface area contributed by atoms with E-state index in [4.69, 9.17) is 9.05 Å². The Hall–Kier alpha value is -3.10. The Morgan fingerprint density at radius 3 is 0.957 bits per heavy atom. The highest BCUT2D eigenvalue weighted by atomic mass is 31.2. The van der Waals surface area contributed by atoms with Gasteiger partial charge in [0.25, 0.3) is 7.82 Å². The predicted octanol–water partition coefficient (Wildman–Crippen LogP) is 25.3. The molecule has 0 aliphatic heterocycles. The summed E-state index contributed by atoms with van der Waals surface area (Å²) in [4.78, 5) is 25.7. The predicted molar refractivity (Wildman–Crippen MR) is 408 cm³/mol. The zero-order valence-electron chi connectivity index (χ0n) is 61.7. The number of amides is 1. The van der Waals surface area contributed by atoms with Crippen LogP contribution in [0.4, 0.5) is 0 Å². The van der Waals surface area contributed by atoms with Crippen molar-refractivity contribution in [2.75, 3.05) is 40.9 Å². The average molecular weight is 1320 g/mol. The molecule has 93 heavy (non-hydrogen) atoms. The SMILES string of the molecule is CC/C=C\C/C=C\C/C=C\C/C=C\C/C=C\C/C=C\C/C=C\C/C=C\C/C=C\CCCCCCCCCCCCCCCC(=O)NC(COP(=O)([O-])OCC[N+](C)(C)C)C(O)/C=C/CCCCCCCCCCCCCCCCCCCCCCCCCCCCCC. The molecule has 0 fully saturated rings. The number of hydrogen-bond acceptors (Lipinski definition) is 6. The van der Waals surface area contributed by atoms with Crippen molar-refractivity contribution in [3.8, 4) is 0 Å². The summed E-state index contributed by atoms with van der Waals surface area (Å²) >= 11 is 0. The summed E-state index contributed by atoms with van der Waals surface area (Å²) < 4.78 is 23.5. The molecule has 0 rings (SSSR count). The smallest absolute Gasteiger partial charge is 0.268 e. The Kier molecular flexibility index (Phi) is 70.7. The molecule has 3 unspecified atom stereocenters. The van der Waals surface area contributed by atoms with E-state index >= 15 is 0 Å². The standard InChI is InChI=1S/C84H151N2O6P/c1-6-8-10-12-14-16-18-20-22-24-26-28-30-32-34-36-38-39-40-41-42-43-44-45-46-47-48-50-52-54-56-58-60-62-64-66-68-70-72-74-76-78-84(88)85-82(81-92-93(89,90)91-80-79-86(3,4)5)83(87)77-75-73-71-69-67-65-63-61-59-57-55-53-51-49-37-35-33-31-29-27-25-23-21-19-17-15-13-11-9-7-2/h8,10,14,16,20,22,26,28,32,34,38-39,41-42,44-45,47-48,75,77,82-83,87H,6-7,9,11-13,15,17-19,21,23-25,27,29-31,33,35-37,40,43,46,49-74,76,78-81H2,1-5H3,(H-,85,88,89,90)/b10-8-,16-14-,22-20-,28-26-,34-32-,39-38-,42-41-,45-44-,48-47-,77-75+. The number of quaternary nitrogens is 1. The number of carbonyl (C=O) groups excluding carboxylic acids is 1.